The minimum absolute atomic E-state index is 0.142. The van der Waals surface area contributed by atoms with Gasteiger partial charge >= 0.3 is 0 Å². The highest BCUT2D eigenvalue weighted by Crippen LogP contribution is 2.25. The second-order valence-electron chi connectivity index (χ2n) is 6.07. The van der Waals surface area contributed by atoms with Crippen LogP contribution in [-0.4, -0.2) is 11.0 Å². The SMILES string of the molecule is O=C1/C(=C\c2ccc(-c3ccccc3)cc2)NC(=S)N1c1ccccc1F. The van der Waals surface area contributed by atoms with Gasteiger partial charge in [0.25, 0.3) is 5.91 Å². The fourth-order valence-corrected chi connectivity index (χ4v) is 3.25. The minimum Gasteiger partial charge on any atom is -0.327 e. The van der Waals surface area contributed by atoms with Crippen LogP contribution in [0.4, 0.5) is 10.1 Å². The van der Waals surface area contributed by atoms with Crippen LogP contribution < -0.4 is 10.2 Å². The van der Waals surface area contributed by atoms with E-state index in [0.29, 0.717) is 5.70 Å². The van der Waals surface area contributed by atoms with Crippen LogP contribution in [0.15, 0.2) is 84.6 Å². The lowest BCUT2D eigenvalue weighted by Crippen LogP contribution is -2.31. The maximum absolute atomic E-state index is 14.0. The maximum atomic E-state index is 14.0. The Morgan fingerprint density at radius 3 is 2.19 bits per heavy atom. The van der Waals surface area contributed by atoms with Gasteiger partial charge in [0.05, 0.1) is 5.69 Å². The van der Waals surface area contributed by atoms with Gasteiger partial charge in [-0.05, 0) is 47.1 Å². The number of nitrogens with zero attached hydrogens (tertiary/aromatic N) is 1. The van der Waals surface area contributed by atoms with Crippen molar-refractivity contribution in [2.75, 3.05) is 4.90 Å². The first-order chi connectivity index (χ1) is 13.1. The lowest BCUT2D eigenvalue weighted by molar-refractivity contribution is -0.113. The van der Waals surface area contributed by atoms with E-state index in [0.717, 1.165) is 16.7 Å². The molecule has 1 aliphatic rings. The van der Waals surface area contributed by atoms with Crippen LogP contribution in [0.3, 0.4) is 0 Å². The maximum Gasteiger partial charge on any atom is 0.281 e. The first-order valence-electron chi connectivity index (χ1n) is 8.40. The number of hydrogen-bond donors (Lipinski definition) is 1. The highest BCUT2D eigenvalue weighted by Gasteiger charge is 2.33. The van der Waals surface area contributed by atoms with E-state index in [4.69, 9.17) is 12.2 Å². The zero-order valence-electron chi connectivity index (χ0n) is 14.2. The van der Waals surface area contributed by atoms with Crippen LogP contribution in [0.25, 0.3) is 17.2 Å². The summed E-state index contributed by atoms with van der Waals surface area (Å²) in [7, 11) is 0. The molecule has 132 valence electrons. The molecule has 1 amide bonds. The van der Waals surface area contributed by atoms with E-state index < -0.39 is 5.82 Å². The molecule has 27 heavy (non-hydrogen) atoms. The summed E-state index contributed by atoms with van der Waals surface area (Å²) in [5.41, 5.74) is 3.52. The van der Waals surface area contributed by atoms with Gasteiger partial charge in [0.1, 0.15) is 11.5 Å². The Bertz CT molecular complexity index is 1050. The van der Waals surface area contributed by atoms with Gasteiger partial charge in [-0.2, -0.15) is 0 Å². The molecule has 0 spiro atoms. The Balaban J connectivity index is 1.61. The van der Waals surface area contributed by atoms with Crippen LogP contribution in [0, 0.1) is 5.82 Å². The molecule has 1 aliphatic heterocycles. The van der Waals surface area contributed by atoms with E-state index in [1.807, 2.05) is 54.6 Å². The first-order valence-corrected chi connectivity index (χ1v) is 8.81. The number of amides is 1. The highest BCUT2D eigenvalue weighted by molar-refractivity contribution is 7.80. The number of carbonyl (C=O) groups excluding carboxylic acids is 1. The van der Waals surface area contributed by atoms with Gasteiger partial charge in [-0.3, -0.25) is 4.79 Å². The molecule has 0 aliphatic carbocycles. The zero-order valence-corrected chi connectivity index (χ0v) is 15.0. The van der Waals surface area contributed by atoms with Crippen molar-refractivity contribution >= 4 is 35.0 Å². The lowest BCUT2D eigenvalue weighted by Gasteiger charge is -2.14. The second-order valence-corrected chi connectivity index (χ2v) is 6.45. The topological polar surface area (TPSA) is 32.3 Å². The summed E-state index contributed by atoms with van der Waals surface area (Å²) >= 11 is 5.22. The predicted octanol–water partition coefficient (Wildman–Crippen LogP) is 4.75. The summed E-state index contributed by atoms with van der Waals surface area (Å²) in [5, 5.41) is 3.04. The molecule has 1 heterocycles. The Morgan fingerprint density at radius 1 is 0.852 bits per heavy atom. The van der Waals surface area contributed by atoms with Crippen molar-refractivity contribution in [1.82, 2.24) is 5.32 Å². The Kier molecular flexibility index (Phi) is 4.52. The number of nitrogens with one attached hydrogen (secondary N) is 1. The molecule has 1 saturated heterocycles. The smallest absolute Gasteiger partial charge is 0.281 e. The van der Waals surface area contributed by atoms with Gasteiger partial charge < -0.3 is 5.32 Å². The van der Waals surface area contributed by atoms with Gasteiger partial charge in [0.2, 0.25) is 0 Å². The molecule has 3 aromatic carbocycles. The Hall–Kier alpha value is -3.31. The van der Waals surface area contributed by atoms with E-state index in [2.05, 4.69) is 5.32 Å². The lowest BCUT2D eigenvalue weighted by atomic mass is 10.0. The van der Waals surface area contributed by atoms with Crippen molar-refractivity contribution in [3.8, 4) is 11.1 Å². The molecule has 4 rings (SSSR count). The van der Waals surface area contributed by atoms with Crippen molar-refractivity contribution in [3.05, 3.63) is 95.9 Å². The van der Waals surface area contributed by atoms with E-state index in [1.165, 1.54) is 17.0 Å². The fourth-order valence-electron chi connectivity index (χ4n) is 2.96. The molecule has 1 fully saturated rings. The summed E-state index contributed by atoms with van der Waals surface area (Å²) in [6.07, 6.45) is 1.71. The standard InChI is InChI=1S/C22H15FN2OS/c23-18-8-4-5-9-20(18)25-21(26)19(24-22(25)27)14-15-10-12-17(13-11-15)16-6-2-1-3-7-16/h1-14H,(H,24,27)/b19-14+. The number of benzene rings is 3. The summed E-state index contributed by atoms with van der Waals surface area (Å²) in [5.74, 6) is -0.874. The zero-order chi connectivity index (χ0) is 18.8. The number of anilines is 1. The fraction of sp³-hybridized carbons (Fsp3) is 0. The van der Waals surface area contributed by atoms with Crippen molar-refractivity contribution < 1.29 is 9.18 Å². The van der Waals surface area contributed by atoms with Crippen molar-refractivity contribution in [2.45, 2.75) is 0 Å². The average molecular weight is 374 g/mol. The molecule has 0 bridgehead atoms. The number of rotatable bonds is 3. The number of carbonyl (C=O) groups is 1. The molecular formula is C22H15FN2OS. The van der Waals surface area contributed by atoms with Crippen molar-refractivity contribution in [1.29, 1.82) is 0 Å². The van der Waals surface area contributed by atoms with Gasteiger partial charge in [-0.15, -0.1) is 0 Å². The normalized spacial score (nSPS) is 15.3. The Labute approximate surface area is 161 Å². The summed E-state index contributed by atoms with van der Waals surface area (Å²) in [6, 6.07) is 24.0. The Morgan fingerprint density at radius 2 is 1.48 bits per heavy atom. The quantitative estimate of drug-likeness (QED) is 0.530. The average Bonchev–Trinajstić information content (AvgIpc) is 2.97. The van der Waals surface area contributed by atoms with Crippen LogP contribution >= 0.6 is 12.2 Å². The number of para-hydroxylation sites is 1. The summed E-state index contributed by atoms with van der Waals surface area (Å²) < 4.78 is 14.0. The molecule has 0 radical (unpaired) electrons. The van der Waals surface area contributed by atoms with Crippen LogP contribution in [-0.2, 0) is 4.79 Å². The van der Waals surface area contributed by atoms with Gasteiger partial charge in [0, 0.05) is 0 Å². The molecular weight excluding hydrogens is 359 g/mol. The van der Waals surface area contributed by atoms with E-state index in [1.54, 1.807) is 18.2 Å². The molecule has 1 N–H and O–H groups in total. The largest absolute Gasteiger partial charge is 0.327 e. The molecule has 5 heteroatoms. The molecule has 3 nitrogen and oxygen atoms in total. The monoisotopic (exact) mass is 374 g/mol. The van der Waals surface area contributed by atoms with Crippen LogP contribution in [0.1, 0.15) is 5.56 Å². The number of hydrogen-bond acceptors (Lipinski definition) is 2. The van der Waals surface area contributed by atoms with Crippen LogP contribution in [0.2, 0.25) is 0 Å². The number of halogens is 1. The third-order valence-electron chi connectivity index (χ3n) is 4.30. The van der Waals surface area contributed by atoms with Crippen LogP contribution in [0.5, 0.6) is 0 Å². The third-order valence-corrected chi connectivity index (χ3v) is 4.58. The van der Waals surface area contributed by atoms with Crippen molar-refractivity contribution in [2.24, 2.45) is 0 Å². The minimum atomic E-state index is -0.497. The first kappa shape index (κ1) is 17.1. The third kappa shape index (κ3) is 3.37. The van der Waals surface area contributed by atoms with Gasteiger partial charge in [0.15, 0.2) is 5.11 Å². The van der Waals surface area contributed by atoms with E-state index >= 15 is 0 Å². The molecule has 0 atom stereocenters. The summed E-state index contributed by atoms with van der Waals surface area (Å²) in [4.78, 5) is 13.9. The molecule has 0 unspecified atom stereocenters. The van der Waals surface area contributed by atoms with E-state index in [-0.39, 0.29) is 16.7 Å². The van der Waals surface area contributed by atoms with E-state index in [9.17, 15) is 9.18 Å². The molecule has 0 aromatic heterocycles. The van der Waals surface area contributed by atoms with Gasteiger partial charge in [-0.25, -0.2) is 9.29 Å². The summed E-state index contributed by atoms with van der Waals surface area (Å²) in [6.45, 7) is 0. The van der Waals surface area contributed by atoms with Crippen molar-refractivity contribution in [3.63, 3.8) is 0 Å². The molecule has 0 saturated carbocycles. The highest BCUT2D eigenvalue weighted by atomic mass is 32.1. The second kappa shape index (κ2) is 7.13. The molecule has 3 aromatic rings. The predicted molar refractivity (Wildman–Crippen MR) is 109 cm³/mol. The van der Waals surface area contributed by atoms with Gasteiger partial charge in [-0.1, -0.05) is 66.7 Å². The number of thiocarbonyl (C=S) groups is 1.